The van der Waals surface area contributed by atoms with Crippen molar-refractivity contribution in [3.8, 4) is 11.5 Å². The number of benzene rings is 2. The number of hydrogen-bond donors (Lipinski definition) is 1. The fraction of sp³-hybridized carbons (Fsp3) is 0.250. The summed E-state index contributed by atoms with van der Waals surface area (Å²) in [5.41, 5.74) is 0.744. The van der Waals surface area contributed by atoms with E-state index in [1.165, 1.54) is 30.3 Å². The van der Waals surface area contributed by atoms with Crippen LogP contribution in [0.5, 0.6) is 11.5 Å². The lowest BCUT2D eigenvalue weighted by molar-refractivity contribution is -0.0498. The van der Waals surface area contributed by atoms with E-state index in [1.54, 1.807) is 19.1 Å². The van der Waals surface area contributed by atoms with E-state index in [-0.39, 0.29) is 16.3 Å². The number of anilines is 1. The first-order chi connectivity index (χ1) is 11.3. The second kappa shape index (κ2) is 7.48. The summed E-state index contributed by atoms with van der Waals surface area (Å²) >= 11 is 0. The molecule has 2 rings (SSSR count). The summed E-state index contributed by atoms with van der Waals surface area (Å²) < 4.78 is 61.1. The Bertz CT molecular complexity index is 792. The molecule has 130 valence electrons. The van der Waals surface area contributed by atoms with E-state index in [0.717, 1.165) is 0 Å². The van der Waals surface area contributed by atoms with Crippen molar-refractivity contribution in [1.29, 1.82) is 0 Å². The standard InChI is InChI=1S/C16H17F2NO4S/c1-3-22-12-4-7-14(8-5-12)24(20,21)19-15-9-6-13(10-11(15)2)23-16(17)18/h4-10,16,19H,3H2,1-2H3. The molecule has 0 heterocycles. The zero-order valence-corrected chi connectivity index (χ0v) is 13.9. The predicted molar refractivity (Wildman–Crippen MR) is 86.2 cm³/mol. The molecule has 0 bridgehead atoms. The number of halogens is 2. The highest BCUT2D eigenvalue weighted by atomic mass is 32.2. The van der Waals surface area contributed by atoms with Gasteiger partial charge < -0.3 is 9.47 Å². The molecule has 0 aliphatic carbocycles. The molecule has 0 spiro atoms. The molecule has 0 unspecified atom stereocenters. The number of sulfonamides is 1. The molecule has 8 heteroatoms. The van der Waals surface area contributed by atoms with Crippen LogP contribution in [0.2, 0.25) is 0 Å². The van der Waals surface area contributed by atoms with Gasteiger partial charge in [0, 0.05) is 0 Å². The number of nitrogens with one attached hydrogen (secondary N) is 1. The fourth-order valence-electron chi connectivity index (χ4n) is 2.01. The number of aryl methyl sites for hydroxylation is 1. The largest absolute Gasteiger partial charge is 0.494 e. The summed E-state index contributed by atoms with van der Waals surface area (Å²) in [5.74, 6) is 0.535. The molecule has 2 aromatic carbocycles. The summed E-state index contributed by atoms with van der Waals surface area (Å²) in [6.45, 7) is 0.970. The molecule has 0 aliphatic heterocycles. The number of ether oxygens (including phenoxy) is 2. The van der Waals surface area contributed by atoms with Gasteiger partial charge in [0.1, 0.15) is 11.5 Å². The Morgan fingerprint density at radius 3 is 2.25 bits per heavy atom. The molecular formula is C16H17F2NO4S. The maximum atomic E-state index is 12.4. The van der Waals surface area contributed by atoms with Gasteiger partial charge in [0.25, 0.3) is 10.0 Å². The first-order valence-electron chi connectivity index (χ1n) is 7.13. The van der Waals surface area contributed by atoms with E-state index in [9.17, 15) is 17.2 Å². The minimum absolute atomic E-state index is 0.0356. The Labute approximate surface area is 139 Å². The maximum absolute atomic E-state index is 12.4. The second-order valence-electron chi connectivity index (χ2n) is 4.87. The van der Waals surface area contributed by atoms with Crippen LogP contribution < -0.4 is 14.2 Å². The van der Waals surface area contributed by atoms with Crippen molar-refractivity contribution < 1.29 is 26.7 Å². The van der Waals surface area contributed by atoms with Crippen LogP contribution in [0.4, 0.5) is 14.5 Å². The molecule has 0 saturated carbocycles. The highest BCUT2D eigenvalue weighted by Crippen LogP contribution is 2.25. The van der Waals surface area contributed by atoms with Crippen molar-refractivity contribution in [3.05, 3.63) is 48.0 Å². The first-order valence-corrected chi connectivity index (χ1v) is 8.61. The van der Waals surface area contributed by atoms with Crippen LogP contribution in [0.1, 0.15) is 12.5 Å². The van der Waals surface area contributed by atoms with Crippen LogP contribution in [-0.2, 0) is 10.0 Å². The molecule has 0 amide bonds. The third kappa shape index (κ3) is 4.58. The minimum Gasteiger partial charge on any atom is -0.494 e. The molecule has 1 N–H and O–H groups in total. The lowest BCUT2D eigenvalue weighted by Gasteiger charge is -2.12. The quantitative estimate of drug-likeness (QED) is 0.819. The Morgan fingerprint density at radius 1 is 1.08 bits per heavy atom. The molecule has 0 radical (unpaired) electrons. The normalized spacial score (nSPS) is 11.4. The average Bonchev–Trinajstić information content (AvgIpc) is 2.50. The molecule has 2 aromatic rings. The minimum atomic E-state index is -3.80. The SMILES string of the molecule is CCOc1ccc(S(=O)(=O)Nc2ccc(OC(F)F)cc2C)cc1. The highest BCUT2D eigenvalue weighted by Gasteiger charge is 2.16. The Kier molecular flexibility index (Phi) is 5.61. The van der Waals surface area contributed by atoms with E-state index in [2.05, 4.69) is 9.46 Å². The third-order valence-corrected chi connectivity index (χ3v) is 4.49. The fourth-order valence-corrected chi connectivity index (χ4v) is 3.14. The van der Waals surface area contributed by atoms with Gasteiger partial charge in [-0.15, -0.1) is 0 Å². The Balaban J connectivity index is 2.19. The van der Waals surface area contributed by atoms with Crippen molar-refractivity contribution >= 4 is 15.7 Å². The smallest absolute Gasteiger partial charge is 0.387 e. The highest BCUT2D eigenvalue weighted by molar-refractivity contribution is 7.92. The van der Waals surface area contributed by atoms with E-state index in [4.69, 9.17) is 4.74 Å². The average molecular weight is 357 g/mol. The number of alkyl halides is 2. The summed E-state index contributed by atoms with van der Waals surface area (Å²) in [6, 6.07) is 9.96. The van der Waals surface area contributed by atoms with Crippen molar-refractivity contribution in [3.63, 3.8) is 0 Å². The Morgan fingerprint density at radius 2 is 1.71 bits per heavy atom. The van der Waals surface area contributed by atoms with Crippen molar-refractivity contribution in [1.82, 2.24) is 0 Å². The first kappa shape index (κ1) is 18.0. The van der Waals surface area contributed by atoms with Gasteiger partial charge >= 0.3 is 6.61 Å². The summed E-state index contributed by atoms with van der Waals surface area (Å²) in [5, 5.41) is 0. The monoisotopic (exact) mass is 357 g/mol. The van der Waals surface area contributed by atoms with Gasteiger partial charge in [-0.3, -0.25) is 4.72 Å². The van der Waals surface area contributed by atoms with Crippen molar-refractivity contribution in [2.45, 2.75) is 25.4 Å². The molecule has 5 nitrogen and oxygen atoms in total. The zero-order chi connectivity index (χ0) is 17.7. The number of hydrogen-bond acceptors (Lipinski definition) is 4. The topological polar surface area (TPSA) is 64.6 Å². The molecule has 0 atom stereocenters. The maximum Gasteiger partial charge on any atom is 0.387 e. The van der Waals surface area contributed by atoms with E-state index >= 15 is 0 Å². The second-order valence-corrected chi connectivity index (χ2v) is 6.55. The van der Waals surface area contributed by atoms with E-state index in [0.29, 0.717) is 17.9 Å². The van der Waals surface area contributed by atoms with E-state index < -0.39 is 16.6 Å². The molecular weight excluding hydrogens is 340 g/mol. The van der Waals surface area contributed by atoms with Gasteiger partial charge in [-0.1, -0.05) is 0 Å². The van der Waals surface area contributed by atoms with Gasteiger partial charge in [-0.25, -0.2) is 8.42 Å². The zero-order valence-electron chi connectivity index (χ0n) is 13.1. The van der Waals surface area contributed by atoms with Crippen LogP contribution in [0.25, 0.3) is 0 Å². The molecule has 0 saturated heterocycles. The van der Waals surface area contributed by atoms with E-state index in [1.807, 2.05) is 6.92 Å². The lowest BCUT2D eigenvalue weighted by Crippen LogP contribution is -2.14. The molecule has 0 fully saturated rings. The van der Waals surface area contributed by atoms with Crippen LogP contribution >= 0.6 is 0 Å². The van der Waals surface area contributed by atoms with Gasteiger partial charge in [0.15, 0.2) is 0 Å². The number of rotatable bonds is 7. The van der Waals surface area contributed by atoms with Gasteiger partial charge in [-0.2, -0.15) is 8.78 Å². The Hall–Kier alpha value is -2.35. The lowest BCUT2D eigenvalue weighted by atomic mass is 10.2. The van der Waals surface area contributed by atoms with Crippen LogP contribution in [-0.4, -0.2) is 21.6 Å². The summed E-state index contributed by atoms with van der Waals surface area (Å²) in [7, 11) is -3.80. The van der Waals surface area contributed by atoms with Gasteiger partial charge in [0.2, 0.25) is 0 Å². The van der Waals surface area contributed by atoms with Crippen LogP contribution in [0.3, 0.4) is 0 Å². The van der Waals surface area contributed by atoms with Crippen LogP contribution in [0, 0.1) is 6.92 Å². The predicted octanol–water partition coefficient (Wildman–Crippen LogP) is 3.80. The molecule has 0 aliphatic rings. The van der Waals surface area contributed by atoms with Crippen molar-refractivity contribution in [2.75, 3.05) is 11.3 Å². The molecule has 0 aromatic heterocycles. The molecule has 24 heavy (non-hydrogen) atoms. The van der Waals surface area contributed by atoms with Gasteiger partial charge in [-0.05, 0) is 61.9 Å². The summed E-state index contributed by atoms with van der Waals surface area (Å²) in [6.07, 6.45) is 0. The van der Waals surface area contributed by atoms with Crippen molar-refractivity contribution in [2.24, 2.45) is 0 Å². The van der Waals surface area contributed by atoms with Crippen LogP contribution in [0.15, 0.2) is 47.4 Å². The third-order valence-electron chi connectivity index (χ3n) is 3.11. The van der Waals surface area contributed by atoms with Gasteiger partial charge in [0.05, 0.1) is 17.2 Å². The summed E-state index contributed by atoms with van der Waals surface area (Å²) in [4.78, 5) is 0.0678.